The van der Waals surface area contributed by atoms with Gasteiger partial charge in [0.2, 0.25) is 5.91 Å². The summed E-state index contributed by atoms with van der Waals surface area (Å²) in [6, 6.07) is 9.90. The van der Waals surface area contributed by atoms with Crippen molar-refractivity contribution < 1.29 is 35.9 Å². The molecular weight excluding hydrogens is 594 g/mol. The van der Waals surface area contributed by atoms with Crippen molar-refractivity contribution in [2.24, 2.45) is 0 Å². The van der Waals surface area contributed by atoms with Crippen LogP contribution in [0.3, 0.4) is 0 Å². The molecule has 0 bridgehead atoms. The van der Waals surface area contributed by atoms with Crippen molar-refractivity contribution in [2.45, 2.75) is 68.9 Å². The normalized spacial score (nSPS) is 21.5. The molecule has 2 unspecified atom stereocenters. The number of hydrogen-bond acceptors (Lipinski definition) is 5. The third kappa shape index (κ3) is 7.04. The number of piperidine rings is 1. The van der Waals surface area contributed by atoms with Crippen molar-refractivity contribution in [1.29, 1.82) is 0 Å². The predicted molar refractivity (Wildman–Crippen MR) is 150 cm³/mol. The first-order valence-corrected chi connectivity index (χ1v) is 14.9. The number of alkyl halides is 6. The Balaban J connectivity index is 1.40. The summed E-state index contributed by atoms with van der Waals surface area (Å²) in [6.07, 6.45) is -5.30. The molecule has 2 fully saturated rings. The van der Waals surface area contributed by atoms with E-state index in [9.17, 15) is 35.9 Å². The standard InChI is InChI=1S/C30H30F6N4O2S/c31-29(32,33)21-13-19(14-22(15-21)30(34,35)36)17-37-26(42)28(10-9-23(16-28)40-11-5-2-6-12-40)24-18-43-27(38-24)39-25(41)20-7-3-1-4-8-20/h1,3-4,7-8,13-15,18,23H,2,5-6,9-12,16-17H2,(H,37,42)(H,38,39,41). The average molecular weight is 625 g/mol. The van der Waals surface area contributed by atoms with Crippen LogP contribution < -0.4 is 10.6 Å². The highest BCUT2D eigenvalue weighted by atomic mass is 32.1. The molecule has 2 amide bonds. The minimum absolute atomic E-state index is 0.0630. The van der Waals surface area contributed by atoms with E-state index in [1.54, 1.807) is 35.7 Å². The van der Waals surface area contributed by atoms with Crippen LogP contribution in [0.1, 0.15) is 71.3 Å². The number of aromatic nitrogens is 1. The van der Waals surface area contributed by atoms with Gasteiger partial charge in [-0.05, 0) is 81.1 Å². The Bertz CT molecular complexity index is 1420. The van der Waals surface area contributed by atoms with Gasteiger partial charge in [-0.15, -0.1) is 11.3 Å². The number of nitrogens with one attached hydrogen (secondary N) is 2. The van der Waals surface area contributed by atoms with Gasteiger partial charge in [-0.25, -0.2) is 4.98 Å². The summed E-state index contributed by atoms with van der Waals surface area (Å²) >= 11 is 1.15. The van der Waals surface area contributed by atoms with Crippen molar-refractivity contribution in [1.82, 2.24) is 15.2 Å². The Morgan fingerprint density at radius 3 is 2.23 bits per heavy atom. The molecule has 1 aromatic heterocycles. The number of anilines is 1. The largest absolute Gasteiger partial charge is 0.416 e. The van der Waals surface area contributed by atoms with Gasteiger partial charge in [-0.1, -0.05) is 24.6 Å². The lowest BCUT2D eigenvalue weighted by Gasteiger charge is -2.34. The maximum Gasteiger partial charge on any atom is 0.416 e. The Kier molecular flexibility index (Phi) is 8.85. The number of carbonyl (C=O) groups excluding carboxylic acids is 2. The summed E-state index contributed by atoms with van der Waals surface area (Å²) in [6.45, 7) is 1.26. The molecule has 2 N–H and O–H groups in total. The maximum absolute atomic E-state index is 13.9. The molecule has 230 valence electrons. The number of hydrogen-bond donors (Lipinski definition) is 2. The van der Waals surface area contributed by atoms with Gasteiger partial charge >= 0.3 is 12.4 Å². The highest BCUT2D eigenvalue weighted by Gasteiger charge is 2.50. The van der Waals surface area contributed by atoms with Crippen molar-refractivity contribution in [2.75, 3.05) is 18.4 Å². The van der Waals surface area contributed by atoms with Crippen molar-refractivity contribution in [3.05, 3.63) is 81.9 Å². The van der Waals surface area contributed by atoms with Crippen molar-refractivity contribution in [3.8, 4) is 0 Å². The minimum atomic E-state index is -4.99. The summed E-state index contributed by atoms with van der Waals surface area (Å²) in [5.74, 6) is -0.896. The molecule has 1 saturated carbocycles. The van der Waals surface area contributed by atoms with Crippen LogP contribution in [0.2, 0.25) is 0 Å². The minimum Gasteiger partial charge on any atom is -0.351 e. The second-order valence-corrected chi connectivity index (χ2v) is 11.9. The molecule has 0 spiro atoms. The number of likely N-dealkylation sites (tertiary alicyclic amines) is 1. The van der Waals surface area contributed by atoms with E-state index in [0.29, 0.717) is 42.7 Å². The Morgan fingerprint density at radius 2 is 1.60 bits per heavy atom. The lowest BCUT2D eigenvalue weighted by molar-refractivity contribution is -0.143. The quantitative estimate of drug-likeness (QED) is 0.277. The first-order valence-electron chi connectivity index (χ1n) is 14.0. The van der Waals surface area contributed by atoms with Gasteiger partial charge in [0.05, 0.1) is 22.2 Å². The molecule has 3 aromatic rings. The van der Waals surface area contributed by atoms with E-state index in [1.165, 1.54) is 0 Å². The van der Waals surface area contributed by atoms with Crippen molar-refractivity contribution >= 4 is 28.3 Å². The molecule has 1 saturated heterocycles. The van der Waals surface area contributed by atoms with Gasteiger partial charge in [-0.3, -0.25) is 14.9 Å². The number of benzene rings is 2. The molecule has 43 heavy (non-hydrogen) atoms. The first-order chi connectivity index (χ1) is 20.3. The zero-order valence-corrected chi connectivity index (χ0v) is 23.8. The van der Waals surface area contributed by atoms with E-state index in [2.05, 4.69) is 20.5 Å². The van der Waals surface area contributed by atoms with Crippen LogP contribution in [0.25, 0.3) is 0 Å². The molecule has 1 aliphatic heterocycles. The van der Waals surface area contributed by atoms with Crippen molar-refractivity contribution in [3.63, 3.8) is 0 Å². The SMILES string of the molecule is O=C(Nc1nc(C2(C(=O)NCc3cc(C(F)(F)F)cc(C(F)(F)F)c3)CCC(N3CCCCC3)C2)cs1)c1ccccc1. The number of halogens is 6. The van der Waals surface area contributed by atoms with Crippen LogP contribution >= 0.6 is 11.3 Å². The molecular formula is C30H30F6N4O2S. The Labute approximate surface area is 248 Å². The number of rotatable bonds is 7. The van der Waals surface area contributed by atoms with E-state index in [-0.39, 0.29) is 28.7 Å². The van der Waals surface area contributed by atoms with E-state index < -0.39 is 41.3 Å². The zero-order valence-electron chi connectivity index (χ0n) is 23.0. The lowest BCUT2D eigenvalue weighted by atomic mass is 9.81. The fourth-order valence-electron chi connectivity index (χ4n) is 5.95. The molecule has 2 heterocycles. The smallest absolute Gasteiger partial charge is 0.351 e. The number of thiazole rings is 1. The topological polar surface area (TPSA) is 74.3 Å². The van der Waals surface area contributed by atoms with Crippen LogP contribution in [0.5, 0.6) is 0 Å². The molecule has 5 rings (SSSR count). The lowest BCUT2D eigenvalue weighted by Crippen LogP contribution is -2.45. The Morgan fingerprint density at radius 1 is 0.953 bits per heavy atom. The number of amides is 2. The van der Waals surface area contributed by atoms with Crippen LogP contribution in [0.4, 0.5) is 31.5 Å². The van der Waals surface area contributed by atoms with Gasteiger partial charge in [0.25, 0.3) is 5.91 Å². The fourth-order valence-corrected chi connectivity index (χ4v) is 6.76. The van der Waals surface area contributed by atoms with Gasteiger partial charge in [0, 0.05) is 23.5 Å². The average Bonchev–Trinajstić information content (AvgIpc) is 3.64. The van der Waals surface area contributed by atoms with E-state index in [4.69, 9.17) is 0 Å². The van der Waals surface area contributed by atoms with Gasteiger partial charge in [-0.2, -0.15) is 26.3 Å². The summed E-state index contributed by atoms with van der Waals surface area (Å²) in [4.78, 5) is 33.5. The molecule has 2 atom stereocenters. The fraction of sp³-hybridized carbons (Fsp3) is 0.433. The second kappa shape index (κ2) is 12.3. The predicted octanol–water partition coefficient (Wildman–Crippen LogP) is 7.03. The van der Waals surface area contributed by atoms with Crippen LogP contribution in [-0.4, -0.2) is 40.8 Å². The Hall–Kier alpha value is -3.45. The molecule has 1 aliphatic carbocycles. The zero-order chi connectivity index (χ0) is 30.8. The van der Waals surface area contributed by atoms with Crippen LogP contribution in [-0.2, 0) is 29.1 Å². The summed E-state index contributed by atoms with van der Waals surface area (Å²) in [5.41, 5.74) is -3.51. The molecule has 0 radical (unpaired) electrons. The maximum atomic E-state index is 13.9. The molecule has 13 heteroatoms. The van der Waals surface area contributed by atoms with Crippen LogP contribution in [0, 0.1) is 0 Å². The second-order valence-electron chi connectivity index (χ2n) is 11.0. The third-order valence-corrected chi connectivity index (χ3v) is 8.94. The summed E-state index contributed by atoms with van der Waals surface area (Å²) in [7, 11) is 0. The van der Waals surface area contributed by atoms with Gasteiger partial charge in [0.1, 0.15) is 0 Å². The van der Waals surface area contributed by atoms with Gasteiger partial charge < -0.3 is 10.2 Å². The monoisotopic (exact) mass is 624 g/mol. The molecule has 6 nitrogen and oxygen atoms in total. The molecule has 2 aromatic carbocycles. The summed E-state index contributed by atoms with van der Waals surface area (Å²) < 4.78 is 80.3. The van der Waals surface area contributed by atoms with E-state index >= 15 is 0 Å². The van der Waals surface area contributed by atoms with Crippen LogP contribution in [0.15, 0.2) is 53.9 Å². The van der Waals surface area contributed by atoms with Gasteiger partial charge in [0.15, 0.2) is 5.13 Å². The highest BCUT2D eigenvalue weighted by Crippen LogP contribution is 2.45. The summed E-state index contributed by atoms with van der Waals surface area (Å²) in [5, 5.41) is 7.33. The third-order valence-electron chi connectivity index (χ3n) is 8.18. The number of carbonyl (C=O) groups is 2. The highest BCUT2D eigenvalue weighted by molar-refractivity contribution is 7.14. The van der Waals surface area contributed by atoms with E-state index in [0.717, 1.165) is 43.7 Å². The molecule has 2 aliphatic rings. The van der Waals surface area contributed by atoms with E-state index in [1.807, 2.05) is 0 Å². The first kappa shape index (κ1) is 31.0. The number of nitrogens with zero attached hydrogens (tertiary/aromatic N) is 2.